The molecule has 0 radical (unpaired) electrons. The number of rotatable bonds is 6. The van der Waals surface area contributed by atoms with Gasteiger partial charge in [-0.05, 0) is 61.6 Å². The van der Waals surface area contributed by atoms with E-state index in [2.05, 4.69) is 10.9 Å². The number of carbonyl (C=O) groups excluding carboxylic acids is 3. The SMILES string of the molecule is CCC(=O)c1ccc(OCC(=O)NNC(=O)c2cc3c(s2)CCCCCC3)cc1. The number of carbonyl (C=O) groups is 3. The van der Waals surface area contributed by atoms with E-state index in [1.54, 1.807) is 31.2 Å². The maximum absolute atomic E-state index is 12.4. The quantitative estimate of drug-likeness (QED) is 0.556. The molecule has 0 saturated carbocycles. The standard InChI is InChI=1S/C22H26N2O4S/c1-2-18(25)15-9-11-17(12-10-15)28-14-21(26)23-24-22(27)20-13-16-7-5-3-4-6-8-19(16)29-20/h9-13H,2-8,14H2,1H3,(H,23,26)(H,24,27). The van der Waals surface area contributed by atoms with E-state index in [0.717, 1.165) is 25.7 Å². The second-order valence-electron chi connectivity index (χ2n) is 7.07. The van der Waals surface area contributed by atoms with Crippen molar-refractivity contribution in [3.63, 3.8) is 0 Å². The van der Waals surface area contributed by atoms with Crippen molar-refractivity contribution in [1.29, 1.82) is 0 Å². The molecule has 0 unspecified atom stereocenters. The van der Waals surface area contributed by atoms with Crippen LogP contribution < -0.4 is 15.6 Å². The van der Waals surface area contributed by atoms with Crippen LogP contribution in [0.2, 0.25) is 0 Å². The highest BCUT2D eigenvalue weighted by molar-refractivity contribution is 7.14. The lowest BCUT2D eigenvalue weighted by molar-refractivity contribution is -0.123. The van der Waals surface area contributed by atoms with Crippen LogP contribution in [0.25, 0.3) is 0 Å². The molecule has 0 saturated heterocycles. The Balaban J connectivity index is 1.46. The van der Waals surface area contributed by atoms with E-state index in [-0.39, 0.29) is 18.3 Å². The van der Waals surface area contributed by atoms with Gasteiger partial charge in [0, 0.05) is 16.9 Å². The maximum atomic E-state index is 12.4. The van der Waals surface area contributed by atoms with Gasteiger partial charge in [0.2, 0.25) is 0 Å². The lowest BCUT2D eigenvalue weighted by Gasteiger charge is -2.08. The van der Waals surface area contributed by atoms with Gasteiger partial charge in [-0.1, -0.05) is 19.8 Å². The highest BCUT2D eigenvalue weighted by atomic mass is 32.1. The third kappa shape index (κ3) is 5.90. The molecule has 7 heteroatoms. The Kier molecular flexibility index (Phi) is 7.41. The summed E-state index contributed by atoms with van der Waals surface area (Å²) in [6.45, 7) is 1.57. The fourth-order valence-electron chi connectivity index (χ4n) is 3.27. The number of thiophene rings is 1. The number of hydrogen-bond acceptors (Lipinski definition) is 5. The Labute approximate surface area is 174 Å². The van der Waals surface area contributed by atoms with E-state index < -0.39 is 5.91 Å². The molecular formula is C22H26N2O4S. The number of nitrogens with one attached hydrogen (secondary N) is 2. The first kappa shape index (κ1) is 21.0. The Morgan fingerprint density at radius 1 is 1.00 bits per heavy atom. The van der Waals surface area contributed by atoms with Crippen molar-refractivity contribution >= 4 is 28.9 Å². The molecule has 29 heavy (non-hydrogen) atoms. The lowest BCUT2D eigenvalue weighted by atomic mass is 10.00. The van der Waals surface area contributed by atoms with Gasteiger partial charge in [-0.2, -0.15) is 0 Å². The van der Waals surface area contributed by atoms with Crippen molar-refractivity contribution in [2.75, 3.05) is 6.61 Å². The smallest absolute Gasteiger partial charge is 0.279 e. The van der Waals surface area contributed by atoms with Crippen LogP contribution in [0.4, 0.5) is 0 Å². The maximum Gasteiger partial charge on any atom is 0.279 e. The van der Waals surface area contributed by atoms with Crippen LogP contribution in [0.5, 0.6) is 5.75 Å². The van der Waals surface area contributed by atoms with Crippen LogP contribution in [0.1, 0.15) is 69.5 Å². The summed E-state index contributed by atoms with van der Waals surface area (Å²) < 4.78 is 5.40. The first-order valence-electron chi connectivity index (χ1n) is 10.0. The molecule has 2 amide bonds. The number of ketones is 1. The average molecular weight is 415 g/mol. The molecule has 1 aliphatic rings. The van der Waals surface area contributed by atoms with Gasteiger partial charge in [-0.25, -0.2) is 0 Å². The zero-order chi connectivity index (χ0) is 20.6. The van der Waals surface area contributed by atoms with E-state index in [1.807, 2.05) is 6.07 Å². The number of hydrazine groups is 1. The molecule has 2 N–H and O–H groups in total. The largest absolute Gasteiger partial charge is 0.484 e. The van der Waals surface area contributed by atoms with Crippen molar-refractivity contribution < 1.29 is 19.1 Å². The predicted octanol–water partition coefficient (Wildman–Crippen LogP) is 3.84. The van der Waals surface area contributed by atoms with Gasteiger partial charge in [0.1, 0.15) is 5.75 Å². The number of amides is 2. The van der Waals surface area contributed by atoms with Crippen LogP contribution >= 0.6 is 11.3 Å². The van der Waals surface area contributed by atoms with Crippen molar-refractivity contribution in [3.05, 3.63) is 51.2 Å². The highest BCUT2D eigenvalue weighted by Gasteiger charge is 2.16. The topological polar surface area (TPSA) is 84.5 Å². The molecule has 0 atom stereocenters. The molecule has 0 bridgehead atoms. The zero-order valence-corrected chi connectivity index (χ0v) is 17.4. The molecular weight excluding hydrogens is 388 g/mol. The summed E-state index contributed by atoms with van der Waals surface area (Å²) >= 11 is 1.51. The van der Waals surface area contributed by atoms with Crippen LogP contribution in [0, 0.1) is 0 Å². The monoisotopic (exact) mass is 414 g/mol. The number of hydrogen-bond donors (Lipinski definition) is 2. The first-order chi connectivity index (χ1) is 14.1. The molecule has 6 nitrogen and oxygen atoms in total. The second-order valence-corrected chi connectivity index (χ2v) is 8.20. The molecule has 0 aliphatic heterocycles. The summed E-state index contributed by atoms with van der Waals surface area (Å²) in [7, 11) is 0. The molecule has 0 spiro atoms. The molecule has 154 valence electrons. The highest BCUT2D eigenvalue weighted by Crippen LogP contribution is 2.28. The van der Waals surface area contributed by atoms with Gasteiger partial charge in [0.05, 0.1) is 4.88 Å². The summed E-state index contributed by atoms with van der Waals surface area (Å²) in [6, 6.07) is 8.59. The summed E-state index contributed by atoms with van der Waals surface area (Å²) in [5.41, 5.74) is 6.71. The van der Waals surface area contributed by atoms with Crippen molar-refractivity contribution in [1.82, 2.24) is 10.9 Å². The first-order valence-corrected chi connectivity index (χ1v) is 10.8. The van der Waals surface area contributed by atoms with Crippen LogP contribution in [0.3, 0.4) is 0 Å². The number of fused-ring (bicyclic) bond motifs is 1. The summed E-state index contributed by atoms with van der Waals surface area (Å²) in [4.78, 5) is 37.8. The van der Waals surface area contributed by atoms with E-state index in [4.69, 9.17) is 4.74 Å². The molecule has 1 heterocycles. The number of aryl methyl sites for hydroxylation is 2. The van der Waals surface area contributed by atoms with Gasteiger partial charge in [0.15, 0.2) is 12.4 Å². The van der Waals surface area contributed by atoms with Crippen molar-refractivity contribution in [3.8, 4) is 5.75 Å². The van der Waals surface area contributed by atoms with Crippen LogP contribution in [-0.2, 0) is 17.6 Å². The summed E-state index contributed by atoms with van der Waals surface area (Å²) in [5.74, 6) is -0.227. The molecule has 0 fully saturated rings. The predicted molar refractivity (Wildman–Crippen MR) is 112 cm³/mol. The molecule has 1 aliphatic carbocycles. The summed E-state index contributed by atoms with van der Waals surface area (Å²) in [5, 5.41) is 0. The Morgan fingerprint density at radius 2 is 1.72 bits per heavy atom. The molecule has 1 aromatic carbocycles. The Bertz CT molecular complexity index is 848. The fourth-order valence-corrected chi connectivity index (χ4v) is 4.42. The van der Waals surface area contributed by atoms with Gasteiger partial charge in [-0.15, -0.1) is 11.3 Å². The average Bonchev–Trinajstić information content (AvgIpc) is 3.12. The van der Waals surface area contributed by atoms with Crippen molar-refractivity contribution in [2.45, 2.75) is 51.9 Å². The third-order valence-corrected chi connectivity index (χ3v) is 6.14. The Morgan fingerprint density at radius 3 is 2.45 bits per heavy atom. The lowest BCUT2D eigenvalue weighted by Crippen LogP contribution is -2.43. The molecule has 2 aromatic rings. The van der Waals surface area contributed by atoms with E-state index >= 15 is 0 Å². The second kappa shape index (κ2) is 10.2. The Hall–Kier alpha value is -2.67. The molecule has 1 aromatic heterocycles. The van der Waals surface area contributed by atoms with Crippen LogP contribution in [0.15, 0.2) is 30.3 Å². The normalized spacial score (nSPS) is 13.6. The van der Waals surface area contributed by atoms with E-state index in [1.165, 1.54) is 34.6 Å². The number of ether oxygens (including phenoxy) is 1. The minimum atomic E-state index is -0.456. The third-order valence-electron chi connectivity index (χ3n) is 4.90. The van der Waals surface area contributed by atoms with Crippen LogP contribution in [-0.4, -0.2) is 24.2 Å². The number of benzene rings is 1. The zero-order valence-electron chi connectivity index (χ0n) is 16.6. The molecule has 3 rings (SSSR count). The van der Waals surface area contributed by atoms with Gasteiger partial charge in [0.25, 0.3) is 11.8 Å². The fraction of sp³-hybridized carbons (Fsp3) is 0.409. The van der Waals surface area contributed by atoms with Gasteiger partial charge < -0.3 is 4.74 Å². The van der Waals surface area contributed by atoms with E-state index in [9.17, 15) is 14.4 Å². The summed E-state index contributed by atoms with van der Waals surface area (Å²) in [6.07, 6.45) is 7.29. The van der Waals surface area contributed by atoms with Crippen molar-refractivity contribution in [2.24, 2.45) is 0 Å². The van der Waals surface area contributed by atoms with Gasteiger partial charge in [-0.3, -0.25) is 25.2 Å². The van der Waals surface area contributed by atoms with Gasteiger partial charge >= 0.3 is 0 Å². The van der Waals surface area contributed by atoms with E-state index in [0.29, 0.717) is 22.6 Å². The minimum Gasteiger partial charge on any atom is -0.484 e. The minimum absolute atomic E-state index is 0.0542. The number of Topliss-reactive ketones (excluding diaryl/α,β-unsaturated/α-hetero) is 1.